The summed E-state index contributed by atoms with van der Waals surface area (Å²) in [4.78, 5) is 22.4. The maximum Gasteiger partial charge on any atom is 0.406 e. The minimum atomic E-state index is -4.97. The molecule has 7 nitrogen and oxygen atoms in total. The van der Waals surface area contributed by atoms with E-state index in [-0.39, 0.29) is 12.1 Å². The van der Waals surface area contributed by atoms with Gasteiger partial charge < -0.3 is 14.2 Å². The van der Waals surface area contributed by atoms with Crippen molar-refractivity contribution < 1.29 is 40.1 Å². The molecule has 0 saturated heterocycles. The number of anilines is 1. The Bertz CT molecular complexity index is 730. The van der Waals surface area contributed by atoms with Crippen molar-refractivity contribution in [2.45, 2.75) is 19.5 Å². The number of halogens is 3. The quantitative estimate of drug-likeness (QED) is 0.605. The molecular weight excluding hydrogens is 355 g/mol. The summed E-state index contributed by atoms with van der Waals surface area (Å²) in [5.74, 6) is -3.88. The zero-order valence-corrected chi connectivity index (χ0v) is 13.5. The fourth-order valence-electron chi connectivity index (χ4n) is 1.65. The van der Waals surface area contributed by atoms with Gasteiger partial charge in [-0.05, 0) is 17.7 Å². The Kier molecular flexibility index (Phi) is 6.18. The Labute approximate surface area is 135 Å². The molecule has 0 atom stereocenters. The van der Waals surface area contributed by atoms with Gasteiger partial charge in [-0.25, -0.2) is 0 Å². The minimum Gasteiger partial charge on any atom is -0.469 e. The van der Waals surface area contributed by atoms with Gasteiger partial charge >= 0.3 is 22.3 Å². The van der Waals surface area contributed by atoms with Gasteiger partial charge in [0, 0.05) is 6.92 Å². The number of hydrogen-bond donors (Lipinski definition) is 1. The molecule has 0 bridgehead atoms. The number of hydrogen-bond acceptors (Lipinski definition) is 6. The number of alkyl halides is 3. The van der Waals surface area contributed by atoms with Gasteiger partial charge in [0.2, 0.25) is 5.91 Å². The van der Waals surface area contributed by atoms with Crippen molar-refractivity contribution in [1.82, 2.24) is 0 Å². The first-order valence-corrected chi connectivity index (χ1v) is 7.96. The molecule has 134 valence electrons. The van der Waals surface area contributed by atoms with Crippen LogP contribution in [0.15, 0.2) is 18.2 Å². The molecule has 11 heteroatoms. The number of carbonyl (C=O) groups is 2. The molecule has 0 aliphatic rings. The lowest BCUT2D eigenvalue weighted by atomic mass is 10.1. The van der Waals surface area contributed by atoms with Crippen LogP contribution in [0.3, 0.4) is 0 Å². The molecule has 1 aromatic rings. The van der Waals surface area contributed by atoms with Gasteiger partial charge in [0.15, 0.2) is 11.5 Å². The Morgan fingerprint density at radius 2 is 1.88 bits per heavy atom. The summed E-state index contributed by atoms with van der Waals surface area (Å²) in [6.07, 6.45) is -5.16. The minimum absolute atomic E-state index is 0.182. The van der Waals surface area contributed by atoms with Crippen molar-refractivity contribution in [2.75, 3.05) is 18.2 Å². The lowest BCUT2D eigenvalue weighted by molar-refractivity contribution is -0.139. The molecule has 0 saturated carbocycles. The summed E-state index contributed by atoms with van der Waals surface area (Å²) in [6.45, 7) is 1.11. The normalized spacial score (nSPS) is 11.7. The highest BCUT2D eigenvalue weighted by Gasteiger charge is 2.36. The summed E-state index contributed by atoms with van der Waals surface area (Å²) in [6, 6.07) is 3.51. The number of esters is 1. The second kappa shape index (κ2) is 7.51. The molecule has 0 heterocycles. The molecule has 24 heavy (non-hydrogen) atoms. The second-order valence-electron chi connectivity index (χ2n) is 4.67. The van der Waals surface area contributed by atoms with E-state index in [4.69, 9.17) is 0 Å². The molecule has 0 aliphatic heterocycles. The molecule has 0 aliphatic carbocycles. The highest BCUT2D eigenvalue weighted by Crippen LogP contribution is 2.29. The topological polar surface area (TPSA) is 98.8 Å². The summed E-state index contributed by atoms with van der Waals surface area (Å²) < 4.78 is 68.4. The first kappa shape index (κ1) is 19.7. The van der Waals surface area contributed by atoms with E-state index in [1.54, 1.807) is 0 Å². The number of rotatable bonds is 6. The van der Waals surface area contributed by atoms with Gasteiger partial charge in [-0.15, -0.1) is 0 Å². The third-order valence-electron chi connectivity index (χ3n) is 2.49. The zero-order chi connectivity index (χ0) is 18.5. The number of nitrogens with one attached hydrogen (secondary N) is 1. The van der Waals surface area contributed by atoms with Crippen LogP contribution in [0.4, 0.5) is 18.9 Å². The van der Waals surface area contributed by atoms with E-state index in [0.717, 1.165) is 20.1 Å². The Morgan fingerprint density at radius 3 is 2.38 bits per heavy atom. The third kappa shape index (κ3) is 6.86. The maximum absolute atomic E-state index is 12.2. The number of ether oxygens (including phenoxy) is 1. The average Bonchev–Trinajstić information content (AvgIpc) is 2.38. The van der Waals surface area contributed by atoms with E-state index in [1.807, 2.05) is 0 Å². The molecule has 0 spiro atoms. The number of methoxy groups -OCH3 is 1. The molecule has 0 radical (unpaired) electrons. The van der Waals surface area contributed by atoms with Crippen molar-refractivity contribution in [1.29, 1.82) is 0 Å². The van der Waals surface area contributed by atoms with E-state index in [0.29, 0.717) is 5.56 Å². The van der Waals surface area contributed by atoms with Gasteiger partial charge in [-0.1, -0.05) is 6.07 Å². The fourth-order valence-corrected chi connectivity index (χ4v) is 2.53. The molecule has 0 fully saturated rings. The van der Waals surface area contributed by atoms with Crippen molar-refractivity contribution >= 4 is 27.7 Å². The Hall–Kier alpha value is -2.30. The predicted molar refractivity (Wildman–Crippen MR) is 76.9 cm³/mol. The molecule has 0 aromatic heterocycles. The molecule has 0 unspecified atom stereocenters. The molecular formula is C13H14F3NO6S. The van der Waals surface area contributed by atoms with Gasteiger partial charge in [0.1, 0.15) is 0 Å². The zero-order valence-electron chi connectivity index (χ0n) is 12.6. The second-order valence-corrected chi connectivity index (χ2v) is 6.24. The monoisotopic (exact) mass is 369 g/mol. The Balaban J connectivity index is 3.13. The van der Waals surface area contributed by atoms with Gasteiger partial charge in [0.25, 0.3) is 0 Å². The van der Waals surface area contributed by atoms with E-state index in [9.17, 15) is 31.2 Å². The largest absolute Gasteiger partial charge is 0.469 e. The SMILES string of the molecule is COC(=O)Cc1ccc(OS(=O)(=O)CC(F)(F)F)c(NC(C)=O)c1. The first-order chi connectivity index (χ1) is 10.9. The molecule has 1 rings (SSSR count). The average molecular weight is 369 g/mol. The molecule has 1 amide bonds. The lowest BCUT2D eigenvalue weighted by Crippen LogP contribution is -2.26. The van der Waals surface area contributed by atoms with Crippen molar-refractivity contribution in [2.24, 2.45) is 0 Å². The number of benzene rings is 1. The van der Waals surface area contributed by atoms with Crippen LogP contribution >= 0.6 is 0 Å². The predicted octanol–water partition coefficient (Wildman–Crippen LogP) is 1.63. The van der Waals surface area contributed by atoms with E-state index in [2.05, 4.69) is 14.2 Å². The van der Waals surface area contributed by atoms with Crippen LogP contribution in [-0.4, -0.2) is 39.3 Å². The van der Waals surface area contributed by atoms with Crippen LogP contribution in [0.5, 0.6) is 5.75 Å². The smallest absolute Gasteiger partial charge is 0.406 e. The van der Waals surface area contributed by atoms with Crippen LogP contribution in [-0.2, 0) is 30.9 Å². The molecule has 1 aromatic carbocycles. The Morgan fingerprint density at radius 1 is 1.25 bits per heavy atom. The van der Waals surface area contributed by atoms with Crippen LogP contribution in [0, 0.1) is 0 Å². The standard InChI is InChI=1S/C13H14F3NO6S/c1-8(18)17-10-5-9(6-12(19)22-2)3-4-11(10)23-24(20,21)7-13(14,15)16/h3-5H,6-7H2,1-2H3,(H,17,18). The lowest BCUT2D eigenvalue weighted by Gasteiger charge is -2.14. The van der Waals surface area contributed by atoms with Crippen LogP contribution in [0.2, 0.25) is 0 Å². The fraction of sp³-hybridized carbons (Fsp3) is 0.385. The van der Waals surface area contributed by atoms with Gasteiger partial charge in [-0.2, -0.15) is 21.6 Å². The van der Waals surface area contributed by atoms with Gasteiger partial charge in [-0.3, -0.25) is 9.59 Å². The summed E-state index contributed by atoms with van der Waals surface area (Å²) in [5, 5.41) is 2.23. The summed E-state index contributed by atoms with van der Waals surface area (Å²) in [5.41, 5.74) is 0.154. The van der Waals surface area contributed by atoms with Crippen molar-refractivity contribution in [3.05, 3.63) is 23.8 Å². The van der Waals surface area contributed by atoms with Crippen molar-refractivity contribution in [3.8, 4) is 5.75 Å². The number of amides is 1. The molecule has 1 N–H and O–H groups in total. The first-order valence-electron chi connectivity index (χ1n) is 6.38. The van der Waals surface area contributed by atoms with Crippen molar-refractivity contribution in [3.63, 3.8) is 0 Å². The van der Waals surface area contributed by atoms with Crippen LogP contribution < -0.4 is 9.50 Å². The maximum atomic E-state index is 12.2. The van der Waals surface area contributed by atoms with E-state index < -0.39 is 39.7 Å². The number of carbonyl (C=O) groups excluding carboxylic acids is 2. The van der Waals surface area contributed by atoms with Gasteiger partial charge in [0.05, 0.1) is 19.2 Å². The summed E-state index contributed by atoms with van der Waals surface area (Å²) in [7, 11) is -3.79. The van der Waals surface area contributed by atoms with E-state index in [1.165, 1.54) is 12.1 Å². The van der Waals surface area contributed by atoms with Crippen LogP contribution in [0.25, 0.3) is 0 Å². The highest BCUT2D eigenvalue weighted by atomic mass is 32.2. The highest BCUT2D eigenvalue weighted by molar-refractivity contribution is 7.87. The van der Waals surface area contributed by atoms with E-state index >= 15 is 0 Å². The third-order valence-corrected chi connectivity index (χ3v) is 3.60. The summed E-state index contributed by atoms with van der Waals surface area (Å²) >= 11 is 0. The van der Waals surface area contributed by atoms with Crippen LogP contribution in [0.1, 0.15) is 12.5 Å².